The molecule has 0 atom stereocenters. The second-order valence-electron chi connectivity index (χ2n) is 6.20. The van der Waals surface area contributed by atoms with Crippen molar-refractivity contribution in [3.8, 4) is 22.1 Å². The molecule has 6 nitrogen and oxygen atoms in total. The monoisotopic (exact) mass is 383 g/mol. The molecule has 2 aromatic carbocycles. The maximum atomic E-state index is 12.1. The van der Waals surface area contributed by atoms with E-state index >= 15 is 0 Å². The standard InChI is InChI=1S/C20H21N3O3S/c1-13(2)14-4-6-15(7-5-14)19-22-23-20(27-19)21-18(24)12-26-17-10-8-16(25-3)9-11-17/h4-11,13H,12H2,1-3H3,(H,21,23,24). The Labute approximate surface area is 162 Å². The Hall–Kier alpha value is -2.93. The van der Waals surface area contributed by atoms with Gasteiger partial charge in [0.25, 0.3) is 5.91 Å². The predicted octanol–water partition coefficient (Wildman–Crippen LogP) is 4.35. The maximum Gasteiger partial charge on any atom is 0.264 e. The molecule has 27 heavy (non-hydrogen) atoms. The van der Waals surface area contributed by atoms with Crippen molar-refractivity contribution in [2.75, 3.05) is 19.0 Å². The van der Waals surface area contributed by atoms with Crippen LogP contribution in [0.3, 0.4) is 0 Å². The molecule has 0 saturated heterocycles. The predicted molar refractivity (Wildman–Crippen MR) is 107 cm³/mol. The topological polar surface area (TPSA) is 73.3 Å². The SMILES string of the molecule is COc1ccc(OCC(=O)Nc2nnc(-c3ccc(C(C)C)cc3)s2)cc1. The lowest BCUT2D eigenvalue weighted by Gasteiger charge is -2.06. The molecule has 0 spiro atoms. The molecule has 0 radical (unpaired) electrons. The van der Waals surface area contributed by atoms with Gasteiger partial charge in [-0.3, -0.25) is 10.1 Å². The van der Waals surface area contributed by atoms with Gasteiger partial charge in [0.15, 0.2) is 6.61 Å². The molecule has 7 heteroatoms. The highest BCUT2D eigenvalue weighted by Crippen LogP contribution is 2.27. The van der Waals surface area contributed by atoms with Gasteiger partial charge in [0.05, 0.1) is 7.11 Å². The van der Waals surface area contributed by atoms with E-state index in [0.29, 0.717) is 16.8 Å². The van der Waals surface area contributed by atoms with Crippen molar-refractivity contribution in [3.05, 3.63) is 54.1 Å². The number of ether oxygens (including phenoxy) is 2. The molecule has 3 rings (SSSR count). The van der Waals surface area contributed by atoms with Crippen LogP contribution in [0.5, 0.6) is 11.5 Å². The van der Waals surface area contributed by atoms with Gasteiger partial charge in [-0.15, -0.1) is 10.2 Å². The second-order valence-corrected chi connectivity index (χ2v) is 7.18. The molecule has 1 aromatic heterocycles. The minimum atomic E-state index is -0.288. The van der Waals surface area contributed by atoms with Crippen molar-refractivity contribution in [3.63, 3.8) is 0 Å². The van der Waals surface area contributed by atoms with Gasteiger partial charge in [0.2, 0.25) is 5.13 Å². The van der Waals surface area contributed by atoms with E-state index in [1.807, 2.05) is 12.1 Å². The van der Waals surface area contributed by atoms with E-state index in [1.165, 1.54) is 16.9 Å². The molecule has 0 aliphatic rings. The summed E-state index contributed by atoms with van der Waals surface area (Å²) in [6, 6.07) is 15.3. The van der Waals surface area contributed by atoms with E-state index in [9.17, 15) is 4.79 Å². The lowest BCUT2D eigenvalue weighted by Crippen LogP contribution is -2.20. The Kier molecular flexibility index (Phi) is 6.03. The highest BCUT2D eigenvalue weighted by Gasteiger charge is 2.11. The number of benzene rings is 2. The van der Waals surface area contributed by atoms with Crippen LogP contribution < -0.4 is 14.8 Å². The highest BCUT2D eigenvalue weighted by molar-refractivity contribution is 7.18. The van der Waals surface area contributed by atoms with Crippen LogP contribution in [0.1, 0.15) is 25.3 Å². The molecule has 1 N–H and O–H groups in total. The fraction of sp³-hybridized carbons (Fsp3) is 0.250. The van der Waals surface area contributed by atoms with Crippen molar-refractivity contribution in [1.82, 2.24) is 10.2 Å². The van der Waals surface area contributed by atoms with E-state index in [2.05, 4.69) is 41.5 Å². The molecule has 1 amide bonds. The first-order valence-corrected chi connectivity index (χ1v) is 9.37. The number of nitrogens with one attached hydrogen (secondary N) is 1. The van der Waals surface area contributed by atoms with Crippen LogP contribution in [0.25, 0.3) is 10.6 Å². The van der Waals surface area contributed by atoms with E-state index in [1.54, 1.807) is 31.4 Å². The molecule has 0 aliphatic carbocycles. The number of hydrogen-bond acceptors (Lipinski definition) is 6. The summed E-state index contributed by atoms with van der Waals surface area (Å²) in [5, 5.41) is 12.1. The van der Waals surface area contributed by atoms with Gasteiger partial charge in [-0.25, -0.2) is 0 Å². The molecule has 3 aromatic rings. The number of anilines is 1. The Morgan fingerprint density at radius 1 is 1.04 bits per heavy atom. The first-order chi connectivity index (χ1) is 13.0. The lowest BCUT2D eigenvalue weighted by molar-refractivity contribution is -0.118. The van der Waals surface area contributed by atoms with Gasteiger partial charge < -0.3 is 9.47 Å². The van der Waals surface area contributed by atoms with E-state index < -0.39 is 0 Å². The molecule has 1 heterocycles. The Morgan fingerprint density at radius 3 is 2.33 bits per heavy atom. The summed E-state index contributed by atoms with van der Waals surface area (Å²) in [5.41, 5.74) is 2.25. The van der Waals surface area contributed by atoms with Crippen LogP contribution in [0.15, 0.2) is 48.5 Å². The van der Waals surface area contributed by atoms with Crippen LogP contribution in [-0.4, -0.2) is 29.8 Å². The van der Waals surface area contributed by atoms with Gasteiger partial charge in [-0.1, -0.05) is 49.4 Å². The molecule has 140 valence electrons. The quantitative estimate of drug-likeness (QED) is 0.656. The third kappa shape index (κ3) is 5.04. The zero-order chi connectivity index (χ0) is 19.2. The van der Waals surface area contributed by atoms with Gasteiger partial charge in [-0.2, -0.15) is 0 Å². The van der Waals surface area contributed by atoms with Crippen molar-refractivity contribution in [2.24, 2.45) is 0 Å². The summed E-state index contributed by atoms with van der Waals surface area (Å²) in [6.45, 7) is 4.20. The van der Waals surface area contributed by atoms with Gasteiger partial charge in [-0.05, 0) is 35.7 Å². The third-order valence-corrected chi connectivity index (χ3v) is 4.81. The van der Waals surface area contributed by atoms with E-state index in [4.69, 9.17) is 9.47 Å². The second kappa shape index (κ2) is 8.64. The number of carbonyl (C=O) groups is 1. The number of nitrogens with zero attached hydrogens (tertiary/aromatic N) is 2. The van der Waals surface area contributed by atoms with Crippen LogP contribution in [-0.2, 0) is 4.79 Å². The van der Waals surface area contributed by atoms with Gasteiger partial charge in [0, 0.05) is 5.56 Å². The number of amides is 1. The summed E-state index contributed by atoms with van der Waals surface area (Å²) >= 11 is 1.33. The third-order valence-electron chi connectivity index (χ3n) is 3.93. The average Bonchev–Trinajstić information content (AvgIpc) is 3.15. The largest absolute Gasteiger partial charge is 0.497 e. The lowest BCUT2D eigenvalue weighted by atomic mass is 10.0. The first kappa shape index (κ1) is 18.8. The Balaban J connectivity index is 1.55. The summed E-state index contributed by atoms with van der Waals surface area (Å²) in [6.07, 6.45) is 0. The smallest absolute Gasteiger partial charge is 0.264 e. The number of carbonyl (C=O) groups excluding carboxylic acids is 1. The van der Waals surface area contributed by atoms with Gasteiger partial charge in [0.1, 0.15) is 16.5 Å². The summed E-state index contributed by atoms with van der Waals surface area (Å²) in [4.78, 5) is 12.1. The molecule has 0 bridgehead atoms. The van der Waals surface area contributed by atoms with Crippen molar-refractivity contribution < 1.29 is 14.3 Å². The highest BCUT2D eigenvalue weighted by atomic mass is 32.1. The average molecular weight is 383 g/mol. The zero-order valence-corrected chi connectivity index (χ0v) is 16.2. The molecular weight excluding hydrogens is 362 g/mol. The number of aromatic nitrogens is 2. The van der Waals surface area contributed by atoms with Crippen molar-refractivity contribution >= 4 is 22.4 Å². The van der Waals surface area contributed by atoms with Crippen LogP contribution >= 0.6 is 11.3 Å². The van der Waals surface area contributed by atoms with Crippen LogP contribution in [0.2, 0.25) is 0 Å². The van der Waals surface area contributed by atoms with Crippen molar-refractivity contribution in [2.45, 2.75) is 19.8 Å². The molecule has 0 aliphatic heterocycles. The normalized spacial score (nSPS) is 10.7. The first-order valence-electron chi connectivity index (χ1n) is 8.55. The summed E-state index contributed by atoms with van der Waals surface area (Å²) < 4.78 is 10.5. The Bertz CT molecular complexity index is 890. The van der Waals surface area contributed by atoms with E-state index in [0.717, 1.165) is 16.3 Å². The van der Waals surface area contributed by atoms with E-state index in [-0.39, 0.29) is 12.5 Å². The van der Waals surface area contributed by atoms with Crippen LogP contribution in [0.4, 0.5) is 5.13 Å². The summed E-state index contributed by atoms with van der Waals surface area (Å²) in [7, 11) is 1.60. The number of rotatable bonds is 7. The molecular formula is C20H21N3O3S. The molecule has 0 unspecified atom stereocenters. The minimum absolute atomic E-state index is 0.107. The number of methoxy groups -OCH3 is 1. The molecule has 0 saturated carbocycles. The number of hydrogen-bond donors (Lipinski definition) is 1. The maximum absolute atomic E-state index is 12.1. The minimum Gasteiger partial charge on any atom is -0.497 e. The summed E-state index contributed by atoms with van der Waals surface area (Å²) in [5.74, 6) is 1.52. The fourth-order valence-electron chi connectivity index (χ4n) is 2.38. The Morgan fingerprint density at radius 2 is 1.70 bits per heavy atom. The fourth-order valence-corrected chi connectivity index (χ4v) is 3.14. The van der Waals surface area contributed by atoms with Crippen LogP contribution in [0, 0.1) is 0 Å². The van der Waals surface area contributed by atoms with Gasteiger partial charge >= 0.3 is 0 Å². The molecule has 0 fully saturated rings. The zero-order valence-electron chi connectivity index (χ0n) is 15.4. The van der Waals surface area contributed by atoms with Crippen molar-refractivity contribution in [1.29, 1.82) is 0 Å².